The van der Waals surface area contributed by atoms with Gasteiger partial charge in [0.05, 0.1) is 11.8 Å². The molecule has 1 aromatic carbocycles. The van der Waals surface area contributed by atoms with E-state index in [1.807, 2.05) is 0 Å². The van der Waals surface area contributed by atoms with Crippen molar-refractivity contribution in [2.24, 2.45) is 0 Å². The van der Waals surface area contributed by atoms with Crippen molar-refractivity contribution >= 4 is 6.29 Å². The topological polar surface area (TPSA) is 34.9 Å². The molecule has 1 heterocycles. The van der Waals surface area contributed by atoms with E-state index in [1.54, 1.807) is 0 Å². The minimum atomic E-state index is -2.59. The minimum absolute atomic E-state index is 0.136. The average molecular weight is 272 g/mol. The zero-order valence-corrected chi connectivity index (χ0v) is 9.49. The number of aromatic nitrogens is 2. The van der Waals surface area contributed by atoms with Crippen molar-refractivity contribution in [1.82, 2.24) is 9.78 Å². The van der Waals surface area contributed by atoms with Gasteiger partial charge < -0.3 is 0 Å². The fourth-order valence-electron chi connectivity index (χ4n) is 1.62. The van der Waals surface area contributed by atoms with Crippen LogP contribution in [0.5, 0.6) is 0 Å². The molecule has 0 N–H and O–H groups in total. The second-order valence-electron chi connectivity index (χ2n) is 3.79. The molecule has 0 aliphatic carbocycles. The Morgan fingerprint density at radius 3 is 2.63 bits per heavy atom. The molecule has 0 fully saturated rings. The number of carbonyl (C=O) groups is 1. The van der Waals surface area contributed by atoms with Gasteiger partial charge in [0.25, 0.3) is 6.43 Å². The first-order chi connectivity index (χ1) is 9.02. The Labute approximate surface area is 105 Å². The van der Waals surface area contributed by atoms with Gasteiger partial charge in [0.15, 0.2) is 17.9 Å². The minimum Gasteiger partial charge on any atom is -0.298 e. The molecule has 0 spiro atoms. The number of aldehydes is 1. The smallest absolute Gasteiger partial charge is 0.257 e. The first-order valence-corrected chi connectivity index (χ1v) is 5.27. The van der Waals surface area contributed by atoms with Crippen LogP contribution in [-0.2, 0) is 6.54 Å². The van der Waals surface area contributed by atoms with Crippen molar-refractivity contribution in [2.75, 3.05) is 0 Å². The molecular formula is C12H8F4N2O. The average Bonchev–Trinajstić information content (AvgIpc) is 2.80. The summed E-state index contributed by atoms with van der Waals surface area (Å²) in [5.41, 5.74) is -0.376. The maximum absolute atomic E-state index is 13.7. The van der Waals surface area contributed by atoms with Crippen molar-refractivity contribution < 1.29 is 22.4 Å². The molecule has 7 heteroatoms. The largest absolute Gasteiger partial charge is 0.298 e. The fourth-order valence-corrected chi connectivity index (χ4v) is 1.62. The third kappa shape index (κ3) is 2.64. The summed E-state index contributed by atoms with van der Waals surface area (Å²) in [5, 5.41) is 3.62. The molecule has 0 bridgehead atoms. The number of alkyl halides is 2. The zero-order valence-electron chi connectivity index (χ0n) is 9.49. The van der Waals surface area contributed by atoms with E-state index in [0.717, 1.165) is 16.9 Å². The zero-order chi connectivity index (χ0) is 14.0. The van der Waals surface area contributed by atoms with E-state index in [4.69, 9.17) is 0 Å². The van der Waals surface area contributed by atoms with Crippen LogP contribution in [0, 0.1) is 11.6 Å². The summed E-state index contributed by atoms with van der Waals surface area (Å²) in [6.45, 7) is -0.628. The Morgan fingerprint density at radius 1 is 1.26 bits per heavy atom. The van der Waals surface area contributed by atoms with E-state index in [1.165, 1.54) is 12.3 Å². The van der Waals surface area contributed by atoms with Crippen molar-refractivity contribution in [3.8, 4) is 11.1 Å². The number of benzene rings is 1. The number of hydrogen-bond acceptors (Lipinski definition) is 2. The summed E-state index contributed by atoms with van der Waals surface area (Å²) >= 11 is 0. The van der Waals surface area contributed by atoms with Gasteiger partial charge in [-0.15, -0.1) is 0 Å². The summed E-state index contributed by atoms with van der Waals surface area (Å²) < 4.78 is 52.3. The van der Waals surface area contributed by atoms with Gasteiger partial charge in [-0.3, -0.25) is 9.48 Å². The number of carbonyl (C=O) groups excluding carboxylic acids is 1. The predicted molar refractivity (Wildman–Crippen MR) is 59.0 cm³/mol. The number of nitrogens with zero attached hydrogens (tertiary/aromatic N) is 2. The summed E-state index contributed by atoms with van der Waals surface area (Å²) in [6, 6.07) is 2.32. The number of hydrogen-bond donors (Lipinski definition) is 0. The molecule has 0 saturated carbocycles. The van der Waals surface area contributed by atoms with E-state index in [9.17, 15) is 22.4 Å². The Kier molecular flexibility index (Phi) is 3.64. The van der Waals surface area contributed by atoms with Gasteiger partial charge in [-0.25, -0.2) is 17.6 Å². The second-order valence-corrected chi connectivity index (χ2v) is 3.79. The predicted octanol–water partition coefficient (Wildman–Crippen LogP) is 2.91. The standard InChI is InChI=1S/C12H8F4N2O/c13-10(14)5-18-4-8(3-17-18)9-2-1-7(6-19)11(15)12(9)16/h1-4,6,10H,5H2. The molecule has 2 rings (SSSR count). The second kappa shape index (κ2) is 5.21. The first kappa shape index (κ1) is 13.3. The highest BCUT2D eigenvalue weighted by atomic mass is 19.3. The third-order valence-corrected chi connectivity index (χ3v) is 2.51. The summed E-state index contributed by atoms with van der Waals surface area (Å²) in [6.07, 6.45) is -0.0554. The molecule has 0 radical (unpaired) electrons. The van der Waals surface area contributed by atoms with Crippen LogP contribution in [0.4, 0.5) is 17.6 Å². The lowest BCUT2D eigenvalue weighted by Gasteiger charge is -2.03. The van der Waals surface area contributed by atoms with Gasteiger partial charge in [-0.2, -0.15) is 5.10 Å². The Bertz CT molecular complexity index is 610. The molecule has 0 atom stereocenters. The SMILES string of the molecule is O=Cc1ccc(-c2cnn(CC(F)F)c2)c(F)c1F. The van der Waals surface area contributed by atoms with Gasteiger partial charge in [0, 0.05) is 17.3 Å². The maximum atomic E-state index is 13.7. The third-order valence-electron chi connectivity index (χ3n) is 2.51. The highest BCUT2D eigenvalue weighted by molar-refractivity contribution is 5.77. The van der Waals surface area contributed by atoms with Crippen LogP contribution in [0.2, 0.25) is 0 Å². The van der Waals surface area contributed by atoms with Gasteiger partial charge in [0.1, 0.15) is 6.54 Å². The first-order valence-electron chi connectivity index (χ1n) is 5.27. The molecule has 100 valence electrons. The Hall–Kier alpha value is -2.18. The molecule has 3 nitrogen and oxygen atoms in total. The molecule has 0 aliphatic heterocycles. The van der Waals surface area contributed by atoms with E-state index in [2.05, 4.69) is 5.10 Å². The van der Waals surface area contributed by atoms with Crippen molar-refractivity contribution in [1.29, 1.82) is 0 Å². The highest BCUT2D eigenvalue weighted by Gasteiger charge is 2.16. The van der Waals surface area contributed by atoms with Gasteiger partial charge >= 0.3 is 0 Å². The molecule has 0 unspecified atom stereocenters. The fraction of sp³-hybridized carbons (Fsp3) is 0.167. The van der Waals surface area contributed by atoms with Gasteiger partial charge in [0.2, 0.25) is 0 Å². The normalized spacial score (nSPS) is 11.0. The quantitative estimate of drug-likeness (QED) is 0.633. The number of halogens is 4. The van der Waals surface area contributed by atoms with E-state index in [-0.39, 0.29) is 17.4 Å². The molecule has 2 aromatic rings. The highest BCUT2D eigenvalue weighted by Crippen LogP contribution is 2.25. The van der Waals surface area contributed by atoms with Crippen LogP contribution in [0.25, 0.3) is 11.1 Å². The lowest BCUT2D eigenvalue weighted by atomic mass is 10.1. The maximum Gasteiger partial charge on any atom is 0.257 e. The van der Waals surface area contributed by atoms with Crippen LogP contribution in [-0.4, -0.2) is 22.5 Å². The molecule has 0 aliphatic rings. The van der Waals surface area contributed by atoms with E-state index < -0.39 is 30.2 Å². The lowest BCUT2D eigenvalue weighted by Crippen LogP contribution is -2.06. The van der Waals surface area contributed by atoms with Crippen molar-refractivity contribution in [3.05, 3.63) is 41.7 Å². The van der Waals surface area contributed by atoms with Crippen LogP contribution >= 0.6 is 0 Å². The van der Waals surface area contributed by atoms with Crippen LogP contribution in [0.15, 0.2) is 24.5 Å². The monoisotopic (exact) mass is 272 g/mol. The molecule has 0 saturated heterocycles. The van der Waals surface area contributed by atoms with Crippen molar-refractivity contribution in [2.45, 2.75) is 13.0 Å². The molecule has 1 aromatic heterocycles. The number of rotatable bonds is 4. The Morgan fingerprint density at radius 2 is 2.00 bits per heavy atom. The Balaban J connectivity index is 2.39. The lowest BCUT2D eigenvalue weighted by molar-refractivity contribution is 0.111. The van der Waals surface area contributed by atoms with Crippen LogP contribution in [0.1, 0.15) is 10.4 Å². The molecule has 19 heavy (non-hydrogen) atoms. The summed E-state index contributed by atoms with van der Waals surface area (Å²) in [4.78, 5) is 10.4. The summed E-state index contributed by atoms with van der Waals surface area (Å²) in [5.74, 6) is -2.48. The summed E-state index contributed by atoms with van der Waals surface area (Å²) in [7, 11) is 0. The van der Waals surface area contributed by atoms with Crippen molar-refractivity contribution in [3.63, 3.8) is 0 Å². The van der Waals surface area contributed by atoms with Crippen LogP contribution in [0.3, 0.4) is 0 Å². The molecular weight excluding hydrogens is 264 g/mol. The molecule has 0 amide bonds. The van der Waals surface area contributed by atoms with Crippen LogP contribution < -0.4 is 0 Å². The van der Waals surface area contributed by atoms with E-state index in [0.29, 0.717) is 0 Å². The van der Waals surface area contributed by atoms with Gasteiger partial charge in [-0.05, 0) is 6.07 Å². The van der Waals surface area contributed by atoms with E-state index >= 15 is 0 Å². The van der Waals surface area contributed by atoms with Gasteiger partial charge in [-0.1, -0.05) is 6.07 Å².